The molecular weight excluding hydrogens is 110 g/mol. The molecule has 52 valence electrons. The second-order valence-corrected chi connectivity index (χ2v) is 3.14. The van der Waals surface area contributed by atoms with E-state index in [2.05, 4.69) is 6.92 Å². The van der Waals surface area contributed by atoms with Gasteiger partial charge < -0.3 is 0 Å². The minimum Gasteiger partial charge on any atom is -0.138 e. The van der Waals surface area contributed by atoms with Crippen molar-refractivity contribution in [1.29, 1.82) is 0 Å². The van der Waals surface area contributed by atoms with Crippen molar-refractivity contribution in [2.24, 2.45) is 0 Å². The Morgan fingerprint density at radius 3 is 2.11 bits per heavy atom. The first-order valence-corrected chi connectivity index (χ1v) is 3.99. The minimum atomic E-state index is -0.280. The molecule has 0 heterocycles. The van der Waals surface area contributed by atoms with Gasteiger partial charge in [-0.05, 0) is 19.3 Å². The van der Waals surface area contributed by atoms with Crippen molar-refractivity contribution in [3.8, 4) is 0 Å². The predicted molar refractivity (Wildman–Crippen MR) is 38.2 cm³/mol. The molecule has 0 aromatic rings. The van der Waals surface area contributed by atoms with Crippen LogP contribution in [0.3, 0.4) is 0 Å². The van der Waals surface area contributed by atoms with E-state index < -0.39 is 0 Å². The van der Waals surface area contributed by atoms with Crippen molar-refractivity contribution in [2.45, 2.75) is 51.0 Å². The van der Waals surface area contributed by atoms with Gasteiger partial charge in [0.2, 0.25) is 0 Å². The topological polar surface area (TPSA) is 22.3 Å². The lowest BCUT2D eigenvalue weighted by atomic mass is 9.81. The zero-order valence-electron chi connectivity index (χ0n) is 6.19. The molecule has 0 atom stereocenters. The van der Waals surface area contributed by atoms with Crippen molar-refractivity contribution in [3.05, 3.63) is 0 Å². The molecule has 0 aliphatic heterocycles. The lowest BCUT2D eigenvalue weighted by molar-refractivity contribution is 0.277. The zero-order valence-corrected chi connectivity index (χ0v) is 6.19. The van der Waals surface area contributed by atoms with Gasteiger partial charge in [0.1, 0.15) is 0 Å². The van der Waals surface area contributed by atoms with Gasteiger partial charge >= 0.3 is 0 Å². The van der Waals surface area contributed by atoms with Gasteiger partial charge in [-0.1, -0.05) is 26.2 Å². The van der Waals surface area contributed by atoms with E-state index in [1.807, 2.05) is 0 Å². The van der Waals surface area contributed by atoms with Gasteiger partial charge in [-0.25, -0.2) is 0 Å². The first-order valence-electron chi connectivity index (χ1n) is 3.99. The average Bonchev–Trinajstić information content (AvgIpc) is 1.90. The summed E-state index contributed by atoms with van der Waals surface area (Å²) in [4.78, 5) is 0. The molecule has 1 saturated carbocycles. The summed E-state index contributed by atoms with van der Waals surface area (Å²) in [5.41, 5.74) is 9.40. The van der Waals surface area contributed by atoms with E-state index >= 15 is 0 Å². The fourth-order valence-electron chi connectivity index (χ4n) is 1.56. The summed E-state index contributed by atoms with van der Waals surface area (Å²) in [6.45, 7) is 2.07. The molecule has 0 spiro atoms. The molecule has 1 aliphatic carbocycles. The second kappa shape index (κ2) is 2.70. The Morgan fingerprint density at radius 1 is 1.22 bits per heavy atom. The van der Waals surface area contributed by atoms with Gasteiger partial charge in [-0.15, -0.1) is 5.73 Å². The monoisotopic (exact) mass is 125 g/mol. The maximum absolute atomic E-state index is 9.68. The summed E-state index contributed by atoms with van der Waals surface area (Å²) in [6.07, 6.45) is 6.77. The minimum absolute atomic E-state index is 0.280. The van der Waals surface area contributed by atoms with Crippen molar-refractivity contribution in [1.82, 2.24) is 5.73 Å². The lowest BCUT2D eigenvalue weighted by Gasteiger charge is -2.29. The summed E-state index contributed by atoms with van der Waals surface area (Å²) >= 11 is 0. The van der Waals surface area contributed by atoms with Crippen LogP contribution in [0.4, 0.5) is 0 Å². The molecule has 0 bridgehead atoms. The van der Waals surface area contributed by atoms with Crippen LogP contribution in [0.1, 0.15) is 45.4 Å². The van der Waals surface area contributed by atoms with Crippen LogP contribution in [-0.4, -0.2) is 5.54 Å². The summed E-state index contributed by atoms with van der Waals surface area (Å²) in [7, 11) is 0. The van der Waals surface area contributed by atoms with Crippen LogP contribution in [0.5, 0.6) is 0 Å². The molecule has 1 heteroatoms. The van der Waals surface area contributed by atoms with E-state index in [0.29, 0.717) is 0 Å². The number of nitrogens with zero attached hydrogens (tertiary/aromatic N) is 1. The van der Waals surface area contributed by atoms with Crippen LogP contribution >= 0.6 is 0 Å². The van der Waals surface area contributed by atoms with Crippen molar-refractivity contribution in [3.63, 3.8) is 0 Å². The molecule has 2 radical (unpaired) electrons. The highest BCUT2D eigenvalue weighted by molar-refractivity contribution is 4.84. The van der Waals surface area contributed by atoms with E-state index in [-0.39, 0.29) is 5.54 Å². The summed E-state index contributed by atoms with van der Waals surface area (Å²) in [5, 5.41) is 0. The summed E-state index contributed by atoms with van der Waals surface area (Å²) in [6, 6.07) is 0. The van der Waals surface area contributed by atoms with E-state index in [1.165, 1.54) is 19.3 Å². The first kappa shape index (κ1) is 7.07. The molecule has 0 amide bonds. The number of hydrogen-bond donors (Lipinski definition) is 0. The molecule has 0 saturated heterocycles. The van der Waals surface area contributed by atoms with Crippen molar-refractivity contribution >= 4 is 0 Å². The maximum atomic E-state index is 9.68. The molecule has 1 rings (SSSR count). The predicted octanol–water partition coefficient (Wildman–Crippen LogP) is 2.17. The molecular formula is C8H15N. The quantitative estimate of drug-likeness (QED) is 0.512. The molecule has 0 N–H and O–H groups in total. The maximum Gasteiger partial charge on any atom is 0.0541 e. The SMILES string of the molecule is CCC1([N])CCCCC1. The zero-order chi connectivity index (χ0) is 6.74. The average molecular weight is 125 g/mol. The van der Waals surface area contributed by atoms with Crippen LogP contribution in [-0.2, 0) is 0 Å². The fraction of sp³-hybridized carbons (Fsp3) is 1.00. The lowest BCUT2D eigenvalue weighted by Crippen LogP contribution is -2.31. The molecule has 1 nitrogen and oxygen atoms in total. The van der Waals surface area contributed by atoms with Crippen LogP contribution in [0, 0.1) is 0 Å². The third kappa shape index (κ3) is 1.68. The molecule has 0 aromatic carbocycles. The second-order valence-electron chi connectivity index (χ2n) is 3.14. The number of hydrogen-bond acceptors (Lipinski definition) is 0. The van der Waals surface area contributed by atoms with Crippen LogP contribution in [0.2, 0.25) is 0 Å². The number of rotatable bonds is 1. The van der Waals surface area contributed by atoms with Gasteiger partial charge in [-0.3, -0.25) is 0 Å². The Balaban J connectivity index is 2.37. The van der Waals surface area contributed by atoms with E-state index in [4.69, 9.17) is 0 Å². The molecule has 0 unspecified atom stereocenters. The van der Waals surface area contributed by atoms with Gasteiger partial charge in [0, 0.05) is 0 Å². The van der Waals surface area contributed by atoms with E-state index in [0.717, 1.165) is 19.3 Å². The third-order valence-corrected chi connectivity index (χ3v) is 2.44. The van der Waals surface area contributed by atoms with Gasteiger partial charge in [0.05, 0.1) is 5.54 Å². The first-order chi connectivity index (χ1) is 4.27. The van der Waals surface area contributed by atoms with Gasteiger partial charge in [0.15, 0.2) is 0 Å². The largest absolute Gasteiger partial charge is 0.138 e. The van der Waals surface area contributed by atoms with Crippen LogP contribution < -0.4 is 5.73 Å². The Bertz CT molecular complexity index is 82.6. The molecule has 1 fully saturated rings. The molecule has 0 aromatic heterocycles. The van der Waals surface area contributed by atoms with Crippen LogP contribution in [0.15, 0.2) is 0 Å². The highest BCUT2D eigenvalue weighted by Crippen LogP contribution is 2.29. The third-order valence-electron chi connectivity index (χ3n) is 2.44. The molecule has 1 aliphatic rings. The highest BCUT2D eigenvalue weighted by Gasteiger charge is 2.26. The van der Waals surface area contributed by atoms with Crippen molar-refractivity contribution in [2.75, 3.05) is 0 Å². The Kier molecular flexibility index (Phi) is 2.12. The van der Waals surface area contributed by atoms with Crippen molar-refractivity contribution < 1.29 is 0 Å². The smallest absolute Gasteiger partial charge is 0.0541 e. The Hall–Kier alpha value is -0.0400. The van der Waals surface area contributed by atoms with Gasteiger partial charge in [-0.2, -0.15) is 0 Å². The van der Waals surface area contributed by atoms with Gasteiger partial charge in [0.25, 0.3) is 0 Å². The Labute approximate surface area is 57.6 Å². The summed E-state index contributed by atoms with van der Waals surface area (Å²) in [5.74, 6) is 0. The van der Waals surface area contributed by atoms with E-state index in [1.54, 1.807) is 0 Å². The summed E-state index contributed by atoms with van der Waals surface area (Å²) < 4.78 is 0. The normalized spacial score (nSPS) is 26.0. The Morgan fingerprint density at radius 2 is 1.78 bits per heavy atom. The van der Waals surface area contributed by atoms with Crippen LogP contribution in [0.25, 0.3) is 0 Å². The standard InChI is InChI=1S/C8H15N/c1-2-8(9)6-4-3-5-7-8/h2-7H2,1H3. The highest BCUT2D eigenvalue weighted by atomic mass is 14.7. The van der Waals surface area contributed by atoms with E-state index in [9.17, 15) is 5.73 Å². The fourth-order valence-corrected chi connectivity index (χ4v) is 1.56. The molecule has 9 heavy (non-hydrogen) atoms.